The van der Waals surface area contributed by atoms with Gasteiger partial charge >= 0.3 is 0 Å². The van der Waals surface area contributed by atoms with Crippen LogP contribution in [0.4, 0.5) is 0 Å². The third-order valence-corrected chi connectivity index (χ3v) is 3.63. The summed E-state index contributed by atoms with van der Waals surface area (Å²) in [5.74, 6) is 0.925. The zero-order valence-corrected chi connectivity index (χ0v) is 10.6. The SMILES string of the molecule is CCc1ccccc1OCC1(O)CCCCC1. The highest BCUT2D eigenvalue weighted by atomic mass is 16.5. The number of benzene rings is 1. The smallest absolute Gasteiger partial charge is 0.122 e. The molecule has 0 amide bonds. The molecular formula is C15H22O2. The van der Waals surface area contributed by atoms with Crippen molar-refractivity contribution >= 4 is 0 Å². The van der Waals surface area contributed by atoms with Crippen LogP contribution in [0.5, 0.6) is 5.75 Å². The van der Waals surface area contributed by atoms with Crippen LogP contribution in [-0.4, -0.2) is 17.3 Å². The van der Waals surface area contributed by atoms with Gasteiger partial charge in [0.1, 0.15) is 12.4 Å². The van der Waals surface area contributed by atoms with Crippen LogP contribution in [-0.2, 0) is 6.42 Å². The van der Waals surface area contributed by atoms with Gasteiger partial charge in [-0.1, -0.05) is 44.4 Å². The minimum atomic E-state index is -0.598. The van der Waals surface area contributed by atoms with Crippen LogP contribution in [0, 0.1) is 0 Å². The van der Waals surface area contributed by atoms with Gasteiger partial charge in [0.15, 0.2) is 0 Å². The molecule has 2 nitrogen and oxygen atoms in total. The molecule has 1 aliphatic rings. The molecule has 0 aromatic heterocycles. The van der Waals surface area contributed by atoms with Gasteiger partial charge in [0.25, 0.3) is 0 Å². The minimum absolute atomic E-state index is 0.435. The molecule has 2 heteroatoms. The van der Waals surface area contributed by atoms with Crippen LogP contribution in [0.2, 0.25) is 0 Å². The van der Waals surface area contributed by atoms with E-state index in [1.165, 1.54) is 12.0 Å². The molecule has 1 aromatic carbocycles. The van der Waals surface area contributed by atoms with Gasteiger partial charge in [-0.15, -0.1) is 0 Å². The fourth-order valence-electron chi connectivity index (χ4n) is 2.50. The highest BCUT2D eigenvalue weighted by Gasteiger charge is 2.30. The predicted molar refractivity (Wildman–Crippen MR) is 69.3 cm³/mol. The Morgan fingerprint density at radius 1 is 1.18 bits per heavy atom. The summed E-state index contributed by atoms with van der Waals surface area (Å²) < 4.78 is 5.82. The van der Waals surface area contributed by atoms with Crippen molar-refractivity contribution in [1.82, 2.24) is 0 Å². The van der Waals surface area contributed by atoms with Crippen LogP contribution in [0.25, 0.3) is 0 Å². The molecule has 1 saturated carbocycles. The van der Waals surface area contributed by atoms with Gasteiger partial charge < -0.3 is 9.84 Å². The molecule has 1 aliphatic carbocycles. The molecule has 0 radical (unpaired) electrons. The second-order valence-electron chi connectivity index (χ2n) is 5.03. The van der Waals surface area contributed by atoms with Gasteiger partial charge in [-0.3, -0.25) is 0 Å². The first-order chi connectivity index (χ1) is 8.23. The Morgan fingerprint density at radius 3 is 2.59 bits per heavy atom. The number of aryl methyl sites for hydroxylation is 1. The second-order valence-corrected chi connectivity index (χ2v) is 5.03. The lowest BCUT2D eigenvalue weighted by atomic mass is 9.85. The first-order valence-corrected chi connectivity index (χ1v) is 6.67. The fourth-order valence-corrected chi connectivity index (χ4v) is 2.50. The molecule has 94 valence electrons. The number of para-hydroxylation sites is 1. The average Bonchev–Trinajstić information content (AvgIpc) is 2.38. The van der Waals surface area contributed by atoms with E-state index < -0.39 is 5.60 Å². The highest BCUT2D eigenvalue weighted by Crippen LogP contribution is 2.29. The molecule has 0 aliphatic heterocycles. The summed E-state index contributed by atoms with van der Waals surface area (Å²) in [6.07, 6.45) is 6.20. The quantitative estimate of drug-likeness (QED) is 0.866. The number of rotatable bonds is 4. The van der Waals surface area contributed by atoms with Crippen molar-refractivity contribution in [2.24, 2.45) is 0 Å². The second kappa shape index (κ2) is 5.54. The Labute approximate surface area is 104 Å². The van der Waals surface area contributed by atoms with E-state index in [1.54, 1.807) is 0 Å². The molecule has 0 spiro atoms. The molecule has 2 rings (SSSR count). The van der Waals surface area contributed by atoms with Crippen LogP contribution >= 0.6 is 0 Å². The molecule has 1 aromatic rings. The standard InChI is InChI=1S/C15H22O2/c1-2-13-8-4-5-9-14(13)17-12-15(16)10-6-3-7-11-15/h4-5,8-9,16H,2-3,6-7,10-12H2,1H3. The number of hydrogen-bond donors (Lipinski definition) is 1. The van der Waals surface area contributed by atoms with Gasteiger partial charge in [-0.2, -0.15) is 0 Å². The van der Waals surface area contributed by atoms with E-state index in [2.05, 4.69) is 13.0 Å². The molecule has 0 unspecified atom stereocenters. The normalized spacial score (nSPS) is 18.9. The van der Waals surface area contributed by atoms with Crippen molar-refractivity contribution in [3.63, 3.8) is 0 Å². The van der Waals surface area contributed by atoms with Crippen molar-refractivity contribution in [1.29, 1.82) is 0 Å². The van der Waals surface area contributed by atoms with Gasteiger partial charge in [0, 0.05) is 0 Å². The van der Waals surface area contributed by atoms with Crippen LogP contribution < -0.4 is 4.74 Å². The number of ether oxygens (including phenoxy) is 1. The van der Waals surface area contributed by atoms with E-state index in [1.807, 2.05) is 18.2 Å². The lowest BCUT2D eigenvalue weighted by Crippen LogP contribution is -2.38. The van der Waals surface area contributed by atoms with Gasteiger partial charge in [0.05, 0.1) is 5.60 Å². The maximum absolute atomic E-state index is 10.4. The van der Waals surface area contributed by atoms with Crippen molar-refractivity contribution in [2.75, 3.05) is 6.61 Å². The molecule has 1 N–H and O–H groups in total. The molecule has 17 heavy (non-hydrogen) atoms. The van der Waals surface area contributed by atoms with Crippen molar-refractivity contribution in [3.8, 4) is 5.75 Å². The molecule has 0 bridgehead atoms. The Kier molecular flexibility index (Phi) is 4.06. The maximum atomic E-state index is 10.4. The van der Waals surface area contributed by atoms with Crippen molar-refractivity contribution in [2.45, 2.75) is 51.0 Å². The summed E-state index contributed by atoms with van der Waals surface area (Å²) in [6.45, 7) is 2.56. The summed E-state index contributed by atoms with van der Waals surface area (Å²) in [4.78, 5) is 0. The van der Waals surface area contributed by atoms with Gasteiger partial charge in [-0.05, 0) is 30.9 Å². The van der Waals surface area contributed by atoms with Crippen LogP contribution in [0.15, 0.2) is 24.3 Å². The minimum Gasteiger partial charge on any atom is -0.490 e. The van der Waals surface area contributed by atoms with Crippen molar-refractivity contribution < 1.29 is 9.84 Å². The Bertz CT molecular complexity index is 354. The average molecular weight is 234 g/mol. The highest BCUT2D eigenvalue weighted by molar-refractivity contribution is 5.33. The summed E-state index contributed by atoms with van der Waals surface area (Å²) in [5.41, 5.74) is 0.617. The zero-order chi connectivity index (χ0) is 12.1. The monoisotopic (exact) mass is 234 g/mol. The summed E-state index contributed by atoms with van der Waals surface area (Å²) in [6, 6.07) is 8.09. The first-order valence-electron chi connectivity index (χ1n) is 6.67. The van der Waals surface area contributed by atoms with Gasteiger partial charge in [-0.25, -0.2) is 0 Å². The van der Waals surface area contributed by atoms with Crippen LogP contribution in [0.3, 0.4) is 0 Å². The summed E-state index contributed by atoms with van der Waals surface area (Å²) in [7, 11) is 0. The Morgan fingerprint density at radius 2 is 1.88 bits per heavy atom. The topological polar surface area (TPSA) is 29.5 Å². The zero-order valence-electron chi connectivity index (χ0n) is 10.6. The molecule has 1 fully saturated rings. The number of hydrogen-bond acceptors (Lipinski definition) is 2. The maximum Gasteiger partial charge on any atom is 0.122 e. The Balaban J connectivity index is 1.96. The molecular weight excluding hydrogens is 212 g/mol. The van der Waals surface area contributed by atoms with E-state index in [0.717, 1.165) is 37.9 Å². The third-order valence-electron chi connectivity index (χ3n) is 3.63. The van der Waals surface area contributed by atoms with Gasteiger partial charge in [0.2, 0.25) is 0 Å². The van der Waals surface area contributed by atoms with E-state index in [4.69, 9.17) is 4.74 Å². The third kappa shape index (κ3) is 3.22. The van der Waals surface area contributed by atoms with Crippen molar-refractivity contribution in [3.05, 3.63) is 29.8 Å². The summed E-state index contributed by atoms with van der Waals surface area (Å²) >= 11 is 0. The largest absolute Gasteiger partial charge is 0.490 e. The van der Waals surface area contributed by atoms with E-state index in [-0.39, 0.29) is 0 Å². The predicted octanol–water partition coefficient (Wildman–Crippen LogP) is 3.32. The molecule has 0 saturated heterocycles. The molecule has 0 atom stereocenters. The van der Waals surface area contributed by atoms with E-state index in [9.17, 15) is 5.11 Å². The fraction of sp³-hybridized carbons (Fsp3) is 0.600. The lowest BCUT2D eigenvalue weighted by molar-refractivity contribution is -0.0340. The van der Waals surface area contributed by atoms with E-state index in [0.29, 0.717) is 6.61 Å². The van der Waals surface area contributed by atoms with Crippen LogP contribution in [0.1, 0.15) is 44.6 Å². The molecule has 0 heterocycles. The summed E-state index contributed by atoms with van der Waals surface area (Å²) in [5, 5.41) is 10.4. The lowest BCUT2D eigenvalue weighted by Gasteiger charge is -2.31. The number of aliphatic hydroxyl groups is 1. The first kappa shape index (κ1) is 12.4. The Hall–Kier alpha value is -1.02. The van der Waals surface area contributed by atoms with E-state index >= 15 is 0 Å².